The molecule has 0 saturated carbocycles. The Morgan fingerprint density at radius 2 is 1.90 bits per heavy atom. The second kappa shape index (κ2) is 7.04. The van der Waals surface area contributed by atoms with Crippen LogP contribution in [-0.2, 0) is 10.9 Å². The molecule has 1 saturated heterocycles. The summed E-state index contributed by atoms with van der Waals surface area (Å²) in [7, 11) is 0. The van der Waals surface area contributed by atoms with Crippen LogP contribution in [0.2, 0.25) is 0 Å². The van der Waals surface area contributed by atoms with Crippen LogP contribution < -0.4 is 5.32 Å². The Kier molecular flexibility index (Phi) is 5.36. The average Bonchev–Trinajstić information content (AvgIpc) is 2.47. The number of piperidine rings is 1. The van der Waals surface area contributed by atoms with E-state index in [1.165, 1.54) is 18.2 Å². The van der Waals surface area contributed by atoms with Crippen molar-refractivity contribution in [2.45, 2.75) is 31.5 Å². The molecule has 1 aromatic rings. The fraction of sp³-hybridized carbons (Fsp3) is 0.533. The van der Waals surface area contributed by atoms with Gasteiger partial charge in [0.25, 0.3) is 0 Å². The summed E-state index contributed by atoms with van der Waals surface area (Å²) in [6, 6.07) is 4.87. The molecular formula is C15H18F3NO2. The normalized spacial score (nSPS) is 16.9. The van der Waals surface area contributed by atoms with Crippen molar-refractivity contribution in [2.75, 3.05) is 19.7 Å². The van der Waals surface area contributed by atoms with E-state index >= 15 is 0 Å². The number of carbonyl (C=O) groups excluding carboxylic acids is 1. The van der Waals surface area contributed by atoms with E-state index in [0.29, 0.717) is 0 Å². The van der Waals surface area contributed by atoms with Crippen LogP contribution >= 0.6 is 0 Å². The number of alkyl halides is 3. The van der Waals surface area contributed by atoms with Crippen LogP contribution in [0.25, 0.3) is 0 Å². The summed E-state index contributed by atoms with van der Waals surface area (Å²) in [5.74, 6) is -0.531. The van der Waals surface area contributed by atoms with E-state index < -0.39 is 17.5 Å². The molecule has 1 aromatic carbocycles. The van der Waals surface area contributed by atoms with Gasteiger partial charge < -0.3 is 10.1 Å². The van der Waals surface area contributed by atoms with Gasteiger partial charge in [0, 0.05) is 12.0 Å². The first-order valence-corrected chi connectivity index (χ1v) is 7.00. The molecule has 0 bridgehead atoms. The highest BCUT2D eigenvalue weighted by atomic mass is 19.4. The molecule has 0 radical (unpaired) electrons. The van der Waals surface area contributed by atoms with Gasteiger partial charge in [-0.2, -0.15) is 13.2 Å². The highest BCUT2D eigenvalue weighted by Crippen LogP contribution is 2.32. The minimum absolute atomic E-state index is 0.0307. The van der Waals surface area contributed by atoms with Crippen LogP contribution in [0.1, 0.15) is 35.2 Å². The van der Waals surface area contributed by atoms with Gasteiger partial charge in [0.05, 0.1) is 18.3 Å². The van der Waals surface area contributed by atoms with Gasteiger partial charge in [0.15, 0.2) is 5.78 Å². The second-order valence-electron chi connectivity index (χ2n) is 5.04. The Balaban J connectivity index is 1.91. The van der Waals surface area contributed by atoms with Gasteiger partial charge in [0.1, 0.15) is 0 Å². The minimum atomic E-state index is -4.51. The third kappa shape index (κ3) is 4.54. The summed E-state index contributed by atoms with van der Waals surface area (Å²) >= 11 is 0. The van der Waals surface area contributed by atoms with E-state index in [2.05, 4.69) is 5.32 Å². The topological polar surface area (TPSA) is 38.3 Å². The zero-order valence-corrected chi connectivity index (χ0v) is 11.6. The number of carbonyl (C=O) groups is 1. The van der Waals surface area contributed by atoms with Crippen molar-refractivity contribution < 1.29 is 22.7 Å². The van der Waals surface area contributed by atoms with Crippen molar-refractivity contribution in [2.24, 2.45) is 0 Å². The molecule has 1 heterocycles. The lowest BCUT2D eigenvalue weighted by Gasteiger charge is -2.22. The first-order valence-electron chi connectivity index (χ1n) is 7.00. The molecule has 0 amide bonds. The third-order valence-electron chi connectivity index (χ3n) is 3.50. The van der Waals surface area contributed by atoms with Crippen LogP contribution in [0, 0.1) is 0 Å². The van der Waals surface area contributed by atoms with Crippen LogP contribution in [0.5, 0.6) is 0 Å². The van der Waals surface area contributed by atoms with E-state index in [9.17, 15) is 18.0 Å². The van der Waals surface area contributed by atoms with Crippen LogP contribution in [0.15, 0.2) is 24.3 Å². The van der Waals surface area contributed by atoms with Crippen LogP contribution in [0.3, 0.4) is 0 Å². The number of benzene rings is 1. The SMILES string of the molecule is O=C(CCOC1CCNCC1)c1ccccc1C(F)(F)F. The molecule has 21 heavy (non-hydrogen) atoms. The fourth-order valence-corrected chi connectivity index (χ4v) is 2.39. The largest absolute Gasteiger partial charge is 0.417 e. The van der Waals surface area contributed by atoms with Gasteiger partial charge in [-0.1, -0.05) is 18.2 Å². The Hall–Kier alpha value is -1.40. The Morgan fingerprint density at radius 3 is 2.57 bits per heavy atom. The van der Waals surface area contributed by atoms with Crippen molar-refractivity contribution in [3.05, 3.63) is 35.4 Å². The minimum Gasteiger partial charge on any atom is -0.378 e. The molecule has 6 heteroatoms. The Bertz CT molecular complexity index is 482. The first-order chi connectivity index (χ1) is 9.98. The van der Waals surface area contributed by atoms with E-state index in [1.807, 2.05) is 0 Å². The summed E-state index contributed by atoms with van der Waals surface area (Å²) in [6.07, 6.45) is -2.71. The molecule has 2 rings (SSSR count). The number of halogens is 3. The predicted molar refractivity (Wildman–Crippen MR) is 72.2 cm³/mol. The molecule has 0 aliphatic carbocycles. The molecule has 0 atom stereocenters. The monoisotopic (exact) mass is 301 g/mol. The molecule has 1 aliphatic heterocycles. The number of nitrogens with one attached hydrogen (secondary N) is 1. The average molecular weight is 301 g/mol. The molecule has 0 aromatic heterocycles. The van der Waals surface area contributed by atoms with E-state index in [4.69, 9.17) is 4.74 Å². The highest BCUT2D eigenvalue weighted by Gasteiger charge is 2.34. The zero-order chi connectivity index (χ0) is 15.3. The lowest BCUT2D eigenvalue weighted by atomic mass is 10.0. The molecule has 1 N–H and O–H groups in total. The van der Waals surface area contributed by atoms with Crippen molar-refractivity contribution in [1.29, 1.82) is 0 Å². The van der Waals surface area contributed by atoms with Crippen molar-refractivity contribution in [3.8, 4) is 0 Å². The highest BCUT2D eigenvalue weighted by molar-refractivity contribution is 5.97. The van der Waals surface area contributed by atoms with Crippen LogP contribution in [0.4, 0.5) is 13.2 Å². The maximum absolute atomic E-state index is 12.8. The summed E-state index contributed by atoms with van der Waals surface area (Å²) in [5.41, 5.74) is -1.16. The standard InChI is InChI=1S/C15H18F3NO2/c16-15(17,18)13-4-2-1-3-12(13)14(20)7-10-21-11-5-8-19-9-6-11/h1-4,11,19H,5-10H2. The van der Waals surface area contributed by atoms with Gasteiger partial charge in [-0.3, -0.25) is 4.79 Å². The van der Waals surface area contributed by atoms with E-state index in [0.717, 1.165) is 32.0 Å². The predicted octanol–water partition coefficient (Wildman–Crippen LogP) is 3.05. The quantitative estimate of drug-likeness (QED) is 0.850. The molecule has 116 valence electrons. The first kappa shape index (κ1) is 16.0. The Labute approximate surface area is 121 Å². The number of Topliss-reactive ketones (excluding diaryl/α,β-unsaturated/α-hetero) is 1. The number of hydrogen-bond donors (Lipinski definition) is 1. The van der Waals surface area contributed by atoms with Crippen molar-refractivity contribution >= 4 is 5.78 Å². The lowest BCUT2D eigenvalue weighted by molar-refractivity contribution is -0.137. The molecule has 0 spiro atoms. The number of hydrogen-bond acceptors (Lipinski definition) is 3. The van der Waals surface area contributed by atoms with Gasteiger partial charge in [-0.15, -0.1) is 0 Å². The lowest BCUT2D eigenvalue weighted by Crippen LogP contribution is -2.32. The molecular weight excluding hydrogens is 283 g/mol. The fourth-order valence-electron chi connectivity index (χ4n) is 2.39. The number of ketones is 1. The van der Waals surface area contributed by atoms with E-state index in [1.54, 1.807) is 0 Å². The summed E-state index contributed by atoms with van der Waals surface area (Å²) in [6.45, 7) is 1.90. The maximum atomic E-state index is 12.8. The molecule has 1 aliphatic rings. The number of rotatable bonds is 5. The molecule has 0 unspecified atom stereocenters. The van der Waals surface area contributed by atoms with Crippen molar-refractivity contribution in [1.82, 2.24) is 5.32 Å². The second-order valence-corrected chi connectivity index (χ2v) is 5.04. The van der Waals surface area contributed by atoms with Crippen LogP contribution in [-0.4, -0.2) is 31.6 Å². The van der Waals surface area contributed by atoms with E-state index in [-0.39, 0.29) is 24.7 Å². The number of ether oxygens (including phenoxy) is 1. The van der Waals surface area contributed by atoms with Gasteiger partial charge in [-0.25, -0.2) is 0 Å². The summed E-state index contributed by atoms with van der Waals surface area (Å²) in [4.78, 5) is 12.0. The Morgan fingerprint density at radius 1 is 1.24 bits per heavy atom. The third-order valence-corrected chi connectivity index (χ3v) is 3.50. The van der Waals surface area contributed by atoms with Gasteiger partial charge >= 0.3 is 6.18 Å². The van der Waals surface area contributed by atoms with Crippen molar-refractivity contribution in [3.63, 3.8) is 0 Å². The smallest absolute Gasteiger partial charge is 0.378 e. The summed E-state index contributed by atoms with van der Waals surface area (Å²) < 4.78 is 44.1. The zero-order valence-electron chi connectivity index (χ0n) is 11.6. The molecule has 1 fully saturated rings. The maximum Gasteiger partial charge on any atom is 0.417 e. The molecule has 3 nitrogen and oxygen atoms in total. The van der Waals surface area contributed by atoms with Gasteiger partial charge in [-0.05, 0) is 32.0 Å². The van der Waals surface area contributed by atoms with Gasteiger partial charge in [0.2, 0.25) is 0 Å². The summed E-state index contributed by atoms with van der Waals surface area (Å²) in [5, 5.41) is 3.19.